The van der Waals surface area contributed by atoms with Crippen molar-refractivity contribution >= 4 is 29.3 Å². The van der Waals surface area contributed by atoms with Crippen molar-refractivity contribution in [1.82, 2.24) is 15.5 Å². The van der Waals surface area contributed by atoms with E-state index in [1.54, 1.807) is 0 Å². The highest BCUT2D eigenvalue weighted by atomic mass is 35.5. The second-order valence-electron chi connectivity index (χ2n) is 8.23. The van der Waals surface area contributed by atoms with Crippen LogP contribution < -0.4 is 15.5 Å². The number of ether oxygens (including phenoxy) is 1. The summed E-state index contributed by atoms with van der Waals surface area (Å²) in [6.07, 6.45) is 0.921. The van der Waals surface area contributed by atoms with Gasteiger partial charge >= 0.3 is 12.0 Å². The molecule has 2 aliphatic rings. The molecule has 7 nitrogen and oxygen atoms in total. The zero-order valence-corrected chi connectivity index (χ0v) is 19.7. The number of amides is 2. The van der Waals surface area contributed by atoms with Crippen molar-refractivity contribution in [3.05, 3.63) is 76.0 Å². The summed E-state index contributed by atoms with van der Waals surface area (Å²) in [5.41, 5.74) is 4.10. The zero-order valence-electron chi connectivity index (χ0n) is 18.9. The van der Waals surface area contributed by atoms with Crippen LogP contribution >= 0.6 is 11.6 Å². The van der Waals surface area contributed by atoms with Crippen LogP contribution in [-0.2, 0) is 16.0 Å². The number of nitrogens with one attached hydrogen (secondary N) is 2. The summed E-state index contributed by atoms with van der Waals surface area (Å²) in [4.78, 5) is 29.8. The first-order valence-corrected chi connectivity index (χ1v) is 11.6. The maximum absolute atomic E-state index is 12.8. The van der Waals surface area contributed by atoms with Gasteiger partial charge in [0.25, 0.3) is 0 Å². The van der Waals surface area contributed by atoms with Crippen LogP contribution in [0.2, 0.25) is 5.02 Å². The Balaban J connectivity index is 1.54. The summed E-state index contributed by atoms with van der Waals surface area (Å²) in [6.45, 7) is 5.71. The van der Waals surface area contributed by atoms with Crippen molar-refractivity contribution in [3.63, 3.8) is 0 Å². The number of para-hydroxylation sites is 1. The molecule has 0 aliphatic carbocycles. The summed E-state index contributed by atoms with van der Waals surface area (Å²) in [6, 6.07) is 14.9. The van der Waals surface area contributed by atoms with Crippen LogP contribution in [0.15, 0.2) is 59.8 Å². The van der Waals surface area contributed by atoms with Gasteiger partial charge in [0.2, 0.25) is 0 Å². The molecular formula is C25H29ClN4O3. The average molecular weight is 469 g/mol. The van der Waals surface area contributed by atoms with Gasteiger partial charge in [0.05, 0.1) is 29.4 Å². The summed E-state index contributed by atoms with van der Waals surface area (Å²) in [7, 11) is 1.36. The fourth-order valence-electron chi connectivity index (χ4n) is 4.37. The number of esters is 1. The first-order valence-electron chi connectivity index (χ1n) is 11.2. The molecule has 2 amide bonds. The number of piperazine rings is 1. The number of aryl methyl sites for hydroxylation is 1. The topological polar surface area (TPSA) is 73.9 Å². The molecule has 33 heavy (non-hydrogen) atoms. The lowest BCUT2D eigenvalue weighted by atomic mass is 9.94. The fraction of sp³-hybridized carbons (Fsp3) is 0.360. The molecule has 2 aromatic rings. The Morgan fingerprint density at radius 2 is 1.79 bits per heavy atom. The summed E-state index contributed by atoms with van der Waals surface area (Å²) in [5, 5.41) is 6.48. The molecule has 0 aromatic heterocycles. The minimum atomic E-state index is -0.559. The van der Waals surface area contributed by atoms with E-state index in [4.69, 9.17) is 16.3 Å². The van der Waals surface area contributed by atoms with E-state index < -0.39 is 12.0 Å². The molecule has 4 rings (SSSR count). The van der Waals surface area contributed by atoms with Gasteiger partial charge in [-0.2, -0.15) is 0 Å². The normalized spacial score (nSPS) is 19.2. The summed E-state index contributed by atoms with van der Waals surface area (Å²) >= 11 is 6.36. The number of benzene rings is 2. The van der Waals surface area contributed by atoms with Crippen LogP contribution in [-0.4, -0.2) is 56.7 Å². The number of hydrogen-bond acceptors (Lipinski definition) is 5. The van der Waals surface area contributed by atoms with Crippen LogP contribution in [0, 0.1) is 0 Å². The van der Waals surface area contributed by atoms with Crippen molar-refractivity contribution in [2.24, 2.45) is 0 Å². The molecule has 174 valence electrons. The number of carbonyl (C=O) groups excluding carboxylic acids is 2. The third kappa shape index (κ3) is 5.15. The number of urea groups is 1. The van der Waals surface area contributed by atoms with Crippen LogP contribution in [0.5, 0.6) is 0 Å². The van der Waals surface area contributed by atoms with Crippen molar-refractivity contribution in [2.75, 3.05) is 44.7 Å². The molecule has 2 aromatic carbocycles. The number of hydrogen-bond donors (Lipinski definition) is 2. The van der Waals surface area contributed by atoms with Crippen molar-refractivity contribution in [1.29, 1.82) is 0 Å². The highest BCUT2D eigenvalue weighted by molar-refractivity contribution is 6.33. The Morgan fingerprint density at radius 1 is 1.09 bits per heavy atom. The van der Waals surface area contributed by atoms with Crippen molar-refractivity contribution in [2.45, 2.75) is 19.4 Å². The molecule has 0 bridgehead atoms. The first kappa shape index (κ1) is 23.1. The van der Waals surface area contributed by atoms with Gasteiger partial charge in [-0.05, 0) is 29.7 Å². The molecule has 0 radical (unpaired) electrons. The average Bonchev–Trinajstić information content (AvgIpc) is 2.84. The Morgan fingerprint density at radius 3 is 2.42 bits per heavy atom. The standard InChI is InChI=1S/C25H29ClN4O3/c1-3-17-8-10-18(11-9-17)23-22(24(31)33-2)20(27-25(32)28-23)16-29-12-14-30(15-13-29)21-7-5-4-6-19(21)26/h4-11,23H,3,12-16H2,1-2H3,(H2,27,28,32)/t23-/m0/s1. The second kappa shape index (κ2) is 10.3. The first-order chi connectivity index (χ1) is 16.0. The molecule has 1 saturated heterocycles. The zero-order chi connectivity index (χ0) is 23.4. The van der Waals surface area contributed by atoms with E-state index in [9.17, 15) is 9.59 Å². The summed E-state index contributed by atoms with van der Waals surface area (Å²) in [5.74, 6) is -0.447. The smallest absolute Gasteiger partial charge is 0.338 e. The quantitative estimate of drug-likeness (QED) is 0.635. The minimum Gasteiger partial charge on any atom is -0.466 e. The second-order valence-corrected chi connectivity index (χ2v) is 8.63. The lowest BCUT2D eigenvalue weighted by molar-refractivity contribution is -0.136. The van der Waals surface area contributed by atoms with Crippen molar-refractivity contribution in [3.8, 4) is 0 Å². The SMILES string of the molecule is CCc1ccc([C@@H]2NC(=O)NC(CN3CCN(c4ccccc4Cl)CC3)=C2C(=O)OC)cc1. The van der Waals surface area contributed by atoms with E-state index >= 15 is 0 Å². The maximum atomic E-state index is 12.8. The van der Waals surface area contributed by atoms with Crippen LogP contribution in [0.4, 0.5) is 10.5 Å². The van der Waals surface area contributed by atoms with Crippen LogP contribution in [0.3, 0.4) is 0 Å². The lowest BCUT2D eigenvalue weighted by Crippen LogP contribution is -2.51. The molecule has 0 saturated carbocycles. The number of halogens is 1. The van der Waals surface area contributed by atoms with Crippen LogP contribution in [0.25, 0.3) is 0 Å². The Bertz CT molecular complexity index is 1050. The van der Waals surface area contributed by atoms with E-state index in [0.29, 0.717) is 17.8 Å². The van der Waals surface area contributed by atoms with E-state index in [2.05, 4.69) is 27.4 Å². The van der Waals surface area contributed by atoms with Gasteiger partial charge in [0.15, 0.2) is 0 Å². The van der Waals surface area contributed by atoms with Gasteiger partial charge < -0.3 is 20.3 Å². The Labute approximate surface area is 199 Å². The largest absolute Gasteiger partial charge is 0.466 e. The van der Waals surface area contributed by atoms with E-state index in [1.807, 2.05) is 48.5 Å². The summed E-state index contributed by atoms with van der Waals surface area (Å²) < 4.78 is 5.10. The number of anilines is 1. The van der Waals surface area contributed by atoms with Crippen molar-refractivity contribution < 1.29 is 14.3 Å². The number of nitrogens with zero attached hydrogens (tertiary/aromatic N) is 2. The predicted octanol–water partition coefficient (Wildman–Crippen LogP) is 3.51. The van der Waals surface area contributed by atoms with E-state index in [-0.39, 0.29) is 6.03 Å². The van der Waals surface area contributed by atoms with Gasteiger partial charge in [-0.1, -0.05) is 54.9 Å². The highest BCUT2D eigenvalue weighted by Gasteiger charge is 2.34. The molecule has 1 fully saturated rings. The number of rotatable bonds is 6. The third-order valence-electron chi connectivity index (χ3n) is 6.23. The minimum absolute atomic E-state index is 0.322. The highest BCUT2D eigenvalue weighted by Crippen LogP contribution is 2.29. The molecule has 0 spiro atoms. The molecule has 2 N–H and O–H groups in total. The molecule has 2 heterocycles. The molecule has 0 unspecified atom stereocenters. The van der Waals surface area contributed by atoms with Gasteiger partial charge in [-0.25, -0.2) is 9.59 Å². The van der Waals surface area contributed by atoms with Gasteiger partial charge in [-0.15, -0.1) is 0 Å². The van der Waals surface area contributed by atoms with E-state index in [1.165, 1.54) is 12.7 Å². The molecular weight excluding hydrogens is 440 g/mol. The Kier molecular flexibility index (Phi) is 7.20. The Hall–Kier alpha value is -3.03. The van der Waals surface area contributed by atoms with Gasteiger partial charge in [0.1, 0.15) is 0 Å². The maximum Gasteiger partial charge on any atom is 0.338 e. The molecule has 1 atom stereocenters. The van der Waals surface area contributed by atoms with Gasteiger partial charge in [0, 0.05) is 38.4 Å². The molecule has 2 aliphatic heterocycles. The predicted molar refractivity (Wildman–Crippen MR) is 129 cm³/mol. The van der Waals surface area contributed by atoms with E-state index in [0.717, 1.165) is 48.9 Å². The third-order valence-corrected chi connectivity index (χ3v) is 6.55. The number of carbonyl (C=O) groups is 2. The fourth-order valence-corrected chi connectivity index (χ4v) is 4.62. The lowest BCUT2D eigenvalue weighted by Gasteiger charge is -2.38. The van der Waals surface area contributed by atoms with Gasteiger partial charge in [-0.3, -0.25) is 4.90 Å². The molecule has 8 heteroatoms. The number of methoxy groups -OCH3 is 1. The van der Waals surface area contributed by atoms with Crippen LogP contribution in [0.1, 0.15) is 24.1 Å². The monoisotopic (exact) mass is 468 g/mol.